The highest BCUT2D eigenvalue weighted by Crippen LogP contribution is 2.16. The molecule has 0 unspecified atom stereocenters. The van der Waals surface area contributed by atoms with E-state index < -0.39 is 0 Å². The lowest BCUT2D eigenvalue weighted by Gasteiger charge is -2.08. The monoisotopic (exact) mass is 224 g/mol. The summed E-state index contributed by atoms with van der Waals surface area (Å²) >= 11 is 0. The van der Waals surface area contributed by atoms with Crippen LogP contribution in [0.25, 0.3) is 0 Å². The summed E-state index contributed by atoms with van der Waals surface area (Å²) in [5, 5.41) is 0. The van der Waals surface area contributed by atoms with E-state index in [1.165, 1.54) is 35.1 Å². The standard InChI is InChI=1S/C17H20/c1-3-7-15-11-10-14(2)17(12-15)13-16-8-5-4-6-9-16/h4-6,8-12H,3,7,13H2,1-2H3. The Morgan fingerprint density at radius 3 is 2.35 bits per heavy atom. The maximum atomic E-state index is 2.37. The molecule has 88 valence electrons. The molecule has 2 aromatic carbocycles. The third kappa shape index (κ3) is 3.20. The molecule has 0 N–H and O–H groups in total. The molecule has 0 saturated carbocycles. The molecule has 0 heteroatoms. The van der Waals surface area contributed by atoms with Gasteiger partial charge in [0.05, 0.1) is 0 Å². The highest BCUT2D eigenvalue weighted by atomic mass is 14.1. The van der Waals surface area contributed by atoms with E-state index in [-0.39, 0.29) is 0 Å². The van der Waals surface area contributed by atoms with Gasteiger partial charge in [0, 0.05) is 0 Å². The highest BCUT2D eigenvalue weighted by molar-refractivity contribution is 5.35. The summed E-state index contributed by atoms with van der Waals surface area (Å²) in [6.45, 7) is 4.44. The normalized spacial score (nSPS) is 10.5. The van der Waals surface area contributed by atoms with Crippen molar-refractivity contribution in [1.29, 1.82) is 0 Å². The molecular formula is C17H20. The molecule has 2 rings (SSSR count). The van der Waals surface area contributed by atoms with Crippen LogP contribution >= 0.6 is 0 Å². The predicted molar refractivity (Wildman–Crippen MR) is 74.4 cm³/mol. The van der Waals surface area contributed by atoms with Crippen LogP contribution in [-0.4, -0.2) is 0 Å². The van der Waals surface area contributed by atoms with Crippen molar-refractivity contribution in [2.45, 2.75) is 33.1 Å². The van der Waals surface area contributed by atoms with Crippen LogP contribution in [0, 0.1) is 6.92 Å². The minimum Gasteiger partial charge on any atom is -0.0651 e. The quantitative estimate of drug-likeness (QED) is 0.715. The largest absolute Gasteiger partial charge is 0.0651 e. The summed E-state index contributed by atoms with van der Waals surface area (Å²) in [4.78, 5) is 0. The number of hydrogen-bond donors (Lipinski definition) is 0. The van der Waals surface area contributed by atoms with Crippen LogP contribution in [0.2, 0.25) is 0 Å². The first-order valence-corrected chi connectivity index (χ1v) is 6.42. The Labute approximate surface area is 104 Å². The maximum Gasteiger partial charge on any atom is -0.00230 e. The summed E-state index contributed by atoms with van der Waals surface area (Å²) in [6.07, 6.45) is 3.44. The van der Waals surface area contributed by atoms with Crippen molar-refractivity contribution >= 4 is 0 Å². The van der Waals surface area contributed by atoms with Gasteiger partial charge in [0.1, 0.15) is 0 Å². The first kappa shape index (κ1) is 11.9. The molecule has 0 saturated heterocycles. The van der Waals surface area contributed by atoms with Crippen LogP contribution in [-0.2, 0) is 12.8 Å². The van der Waals surface area contributed by atoms with E-state index in [1.807, 2.05) is 0 Å². The van der Waals surface area contributed by atoms with Gasteiger partial charge in [-0.25, -0.2) is 0 Å². The van der Waals surface area contributed by atoms with Crippen molar-refractivity contribution in [3.05, 3.63) is 70.8 Å². The van der Waals surface area contributed by atoms with Crippen molar-refractivity contribution in [3.63, 3.8) is 0 Å². The first-order chi connectivity index (χ1) is 8.29. The maximum absolute atomic E-state index is 2.37. The van der Waals surface area contributed by atoms with Crippen molar-refractivity contribution in [1.82, 2.24) is 0 Å². The zero-order valence-electron chi connectivity index (χ0n) is 10.7. The molecule has 0 aliphatic rings. The van der Waals surface area contributed by atoms with Crippen LogP contribution in [0.15, 0.2) is 48.5 Å². The van der Waals surface area contributed by atoms with E-state index in [4.69, 9.17) is 0 Å². The van der Waals surface area contributed by atoms with Gasteiger partial charge in [-0.2, -0.15) is 0 Å². The molecule has 0 aliphatic heterocycles. The molecule has 0 heterocycles. The van der Waals surface area contributed by atoms with Crippen molar-refractivity contribution in [2.24, 2.45) is 0 Å². The van der Waals surface area contributed by atoms with Gasteiger partial charge in [-0.05, 0) is 42.0 Å². The van der Waals surface area contributed by atoms with Gasteiger partial charge in [0.25, 0.3) is 0 Å². The van der Waals surface area contributed by atoms with Crippen molar-refractivity contribution in [2.75, 3.05) is 0 Å². The molecule has 0 nitrogen and oxygen atoms in total. The topological polar surface area (TPSA) is 0 Å². The smallest absolute Gasteiger partial charge is 0.00230 e. The van der Waals surface area contributed by atoms with Gasteiger partial charge in [0.15, 0.2) is 0 Å². The molecule has 0 aliphatic carbocycles. The lowest BCUT2D eigenvalue weighted by Crippen LogP contribution is -1.94. The Bertz CT molecular complexity index is 469. The summed E-state index contributed by atoms with van der Waals surface area (Å²) in [5.41, 5.74) is 5.71. The van der Waals surface area contributed by atoms with Crippen LogP contribution < -0.4 is 0 Å². The fraction of sp³-hybridized carbons (Fsp3) is 0.294. The second kappa shape index (κ2) is 5.67. The SMILES string of the molecule is CCCc1ccc(C)c(Cc2ccccc2)c1. The van der Waals surface area contributed by atoms with Crippen LogP contribution in [0.1, 0.15) is 35.6 Å². The van der Waals surface area contributed by atoms with E-state index >= 15 is 0 Å². The van der Waals surface area contributed by atoms with Gasteiger partial charge >= 0.3 is 0 Å². The van der Waals surface area contributed by atoms with Crippen LogP contribution in [0.5, 0.6) is 0 Å². The van der Waals surface area contributed by atoms with Gasteiger partial charge in [-0.1, -0.05) is 61.9 Å². The molecule has 0 atom stereocenters. The van der Waals surface area contributed by atoms with Crippen molar-refractivity contribution < 1.29 is 0 Å². The second-order valence-electron chi connectivity index (χ2n) is 4.67. The molecule has 0 radical (unpaired) electrons. The van der Waals surface area contributed by atoms with Gasteiger partial charge in [-0.3, -0.25) is 0 Å². The fourth-order valence-corrected chi connectivity index (χ4v) is 2.18. The van der Waals surface area contributed by atoms with Crippen molar-refractivity contribution in [3.8, 4) is 0 Å². The van der Waals surface area contributed by atoms with E-state index in [0.29, 0.717) is 0 Å². The van der Waals surface area contributed by atoms with Crippen LogP contribution in [0.3, 0.4) is 0 Å². The van der Waals surface area contributed by atoms with Gasteiger partial charge in [0.2, 0.25) is 0 Å². The zero-order chi connectivity index (χ0) is 12.1. The van der Waals surface area contributed by atoms with E-state index in [0.717, 1.165) is 6.42 Å². The lowest BCUT2D eigenvalue weighted by molar-refractivity contribution is 0.917. The number of hydrogen-bond acceptors (Lipinski definition) is 0. The average Bonchev–Trinajstić information content (AvgIpc) is 2.35. The molecule has 0 spiro atoms. The number of benzene rings is 2. The van der Waals surface area contributed by atoms with Gasteiger partial charge < -0.3 is 0 Å². The Hall–Kier alpha value is -1.56. The number of aryl methyl sites for hydroxylation is 2. The van der Waals surface area contributed by atoms with Gasteiger partial charge in [-0.15, -0.1) is 0 Å². The fourth-order valence-electron chi connectivity index (χ4n) is 2.18. The van der Waals surface area contributed by atoms with E-state index in [9.17, 15) is 0 Å². The first-order valence-electron chi connectivity index (χ1n) is 6.42. The summed E-state index contributed by atoms with van der Waals surface area (Å²) in [6, 6.07) is 17.6. The molecule has 0 amide bonds. The predicted octanol–water partition coefficient (Wildman–Crippen LogP) is 4.54. The minimum atomic E-state index is 1.05. The Morgan fingerprint density at radius 2 is 1.65 bits per heavy atom. The molecule has 0 bridgehead atoms. The molecule has 0 fully saturated rings. The van der Waals surface area contributed by atoms with E-state index in [2.05, 4.69) is 62.4 Å². The number of rotatable bonds is 4. The third-order valence-electron chi connectivity index (χ3n) is 3.19. The third-order valence-corrected chi connectivity index (χ3v) is 3.19. The minimum absolute atomic E-state index is 1.05. The molecule has 17 heavy (non-hydrogen) atoms. The molecule has 0 aromatic heterocycles. The molecule has 2 aromatic rings. The highest BCUT2D eigenvalue weighted by Gasteiger charge is 2.01. The lowest BCUT2D eigenvalue weighted by atomic mass is 9.97. The zero-order valence-corrected chi connectivity index (χ0v) is 10.7. The second-order valence-corrected chi connectivity index (χ2v) is 4.67. The Balaban J connectivity index is 2.22. The average molecular weight is 224 g/mol. The summed E-state index contributed by atoms with van der Waals surface area (Å²) in [7, 11) is 0. The van der Waals surface area contributed by atoms with Crippen LogP contribution in [0.4, 0.5) is 0 Å². The Morgan fingerprint density at radius 1 is 0.882 bits per heavy atom. The van der Waals surface area contributed by atoms with E-state index in [1.54, 1.807) is 0 Å². The summed E-state index contributed by atoms with van der Waals surface area (Å²) < 4.78 is 0. The molecular weight excluding hydrogens is 204 g/mol. The summed E-state index contributed by atoms with van der Waals surface area (Å²) in [5.74, 6) is 0. The Kier molecular flexibility index (Phi) is 3.98.